The van der Waals surface area contributed by atoms with Crippen molar-refractivity contribution in [1.82, 2.24) is 0 Å². The second-order valence-electron chi connectivity index (χ2n) is 3.82. The number of rotatable bonds is 4. The lowest BCUT2D eigenvalue weighted by atomic mass is 10.0. The normalized spacial score (nSPS) is 10.7. The van der Waals surface area contributed by atoms with Crippen molar-refractivity contribution >= 4 is 22.8 Å². The number of carbonyl (C=O) groups is 1. The van der Waals surface area contributed by atoms with Crippen molar-refractivity contribution in [3.63, 3.8) is 0 Å². The number of carbonyl (C=O) groups excluding carboxylic acids is 1. The second kappa shape index (κ2) is 5.82. The van der Waals surface area contributed by atoms with Crippen LogP contribution in [-0.2, 0) is 9.53 Å². The van der Waals surface area contributed by atoms with Crippen LogP contribution in [0.25, 0.3) is 16.8 Å². The molecule has 2 aromatic carbocycles. The Hall–Kier alpha value is -2.35. The zero-order valence-corrected chi connectivity index (χ0v) is 10.0. The first-order chi connectivity index (χ1) is 8.81. The molecule has 0 unspecified atom stereocenters. The third kappa shape index (κ3) is 2.86. The largest absolute Gasteiger partial charge is 0.458 e. The molecule has 0 fully saturated rings. The molecule has 2 rings (SSSR count). The summed E-state index contributed by atoms with van der Waals surface area (Å²) in [6.07, 6.45) is 4.75. The van der Waals surface area contributed by atoms with Crippen molar-refractivity contribution in [2.45, 2.75) is 0 Å². The van der Waals surface area contributed by atoms with Crippen LogP contribution in [0.4, 0.5) is 0 Å². The van der Waals surface area contributed by atoms with E-state index in [-0.39, 0.29) is 12.6 Å². The maximum absolute atomic E-state index is 11.4. The molecule has 0 aromatic heterocycles. The molecule has 0 aliphatic rings. The molecule has 0 saturated heterocycles. The topological polar surface area (TPSA) is 26.3 Å². The monoisotopic (exact) mass is 238 g/mol. The Labute approximate surface area is 106 Å². The number of ether oxygens (including phenoxy) is 1. The number of hydrogen-bond acceptors (Lipinski definition) is 2. The van der Waals surface area contributed by atoms with Gasteiger partial charge in [-0.1, -0.05) is 55.1 Å². The lowest BCUT2D eigenvalue weighted by Crippen LogP contribution is -1.99. The molecule has 0 spiro atoms. The molecule has 0 heterocycles. The predicted molar refractivity (Wildman–Crippen MR) is 74.1 cm³/mol. The molecular weight excluding hydrogens is 224 g/mol. The summed E-state index contributed by atoms with van der Waals surface area (Å²) >= 11 is 0. The van der Waals surface area contributed by atoms with Gasteiger partial charge in [0.2, 0.25) is 0 Å². The highest BCUT2D eigenvalue weighted by molar-refractivity contribution is 5.94. The van der Waals surface area contributed by atoms with Gasteiger partial charge in [0, 0.05) is 6.08 Å². The molecule has 0 saturated carbocycles. The van der Waals surface area contributed by atoms with Gasteiger partial charge < -0.3 is 4.74 Å². The Bertz CT molecular complexity index is 592. The van der Waals surface area contributed by atoms with E-state index in [2.05, 4.69) is 6.58 Å². The van der Waals surface area contributed by atoms with Crippen LogP contribution in [0.5, 0.6) is 0 Å². The Kier molecular flexibility index (Phi) is 3.92. The zero-order valence-electron chi connectivity index (χ0n) is 10.0. The Morgan fingerprint density at radius 1 is 1.17 bits per heavy atom. The summed E-state index contributed by atoms with van der Waals surface area (Å²) in [5, 5.41) is 2.27. The molecule has 2 aromatic rings. The predicted octanol–water partition coefficient (Wildman–Crippen LogP) is 3.58. The van der Waals surface area contributed by atoms with Gasteiger partial charge in [-0.3, -0.25) is 0 Å². The van der Waals surface area contributed by atoms with Crippen LogP contribution in [0, 0.1) is 0 Å². The molecule has 0 amide bonds. The fourth-order valence-electron chi connectivity index (χ4n) is 1.74. The van der Waals surface area contributed by atoms with Crippen molar-refractivity contribution in [3.8, 4) is 0 Å². The molecule has 0 radical (unpaired) electrons. The summed E-state index contributed by atoms with van der Waals surface area (Å²) in [6.45, 7) is 3.73. The highest BCUT2D eigenvalue weighted by Crippen LogP contribution is 2.19. The fourth-order valence-corrected chi connectivity index (χ4v) is 1.74. The van der Waals surface area contributed by atoms with Crippen LogP contribution in [0.15, 0.2) is 61.2 Å². The Morgan fingerprint density at radius 2 is 1.94 bits per heavy atom. The minimum atomic E-state index is -0.358. The summed E-state index contributed by atoms with van der Waals surface area (Å²) in [4.78, 5) is 11.4. The fraction of sp³-hybridized carbons (Fsp3) is 0.0625. The Morgan fingerprint density at radius 3 is 2.78 bits per heavy atom. The first kappa shape index (κ1) is 12.1. The number of benzene rings is 2. The van der Waals surface area contributed by atoms with Crippen LogP contribution in [0.2, 0.25) is 0 Å². The molecule has 2 heteroatoms. The van der Waals surface area contributed by atoms with E-state index in [1.807, 2.05) is 42.5 Å². The number of fused-ring (bicyclic) bond motifs is 1. The minimum absolute atomic E-state index is 0.235. The average Bonchev–Trinajstić information content (AvgIpc) is 2.42. The smallest absolute Gasteiger partial charge is 0.331 e. The molecule has 0 atom stereocenters. The van der Waals surface area contributed by atoms with Crippen molar-refractivity contribution in [2.24, 2.45) is 0 Å². The third-order valence-corrected chi connectivity index (χ3v) is 2.57. The molecule has 0 aliphatic carbocycles. The van der Waals surface area contributed by atoms with Gasteiger partial charge in [-0.15, -0.1) is 0 Å². The van der Waals surface area contributed by atoms with Crippen LogP contribution in [0.1, 0.15) is 5.56 Å². The van der Waals surface area contributed by atoms with Gasteiger partial charge in [0.05, 0.1) is 0 Å². The van der Waals surface area contributed by atoms with Gasteiger partial charge >= 0.3 is 5.97 Å². The lowest BCUT2D eigenvalue weighted by Gasteiger charge is -2.01. The summed E-state index contributed by atoms with van der Waals surface area (Å²) < 4.78 is 4.88. The first-order valence-electron chi connectivity index (χ1n) is 5.75. The quantitative estimate of drug-likeness (QED) is 0.462. The highest BCUT2D eigenvalue weighted by atomic mass is 16.5. The van der Waals surface area contributed by atoms with E-state index in [0.29, 0.717) is 0 Å². The van der Waals surface area contributed by atoms with Crippen LogP contribution >= 0.6 is 0 Å². The third-order valence-electron chi connectivity index (χ3n) is 2.57. The van der Waals surface area contributed by atoms with Crippen LogP contribution < -0.4 is 0 Å². The van der Waals surface area contributed by atoms with E-state index in [0.717, 1.165) is 16.3 Å². The number of hydrogen-bond donors (Lipinski definition) is 0. The van der Waals surface area contributed by atoms with E-state index < -0.39 is 0 Å². The van der Waals surface area contributed by atoms with Crippen molar-refractivity contribution in [1.29, 1.82) is 0 Å². The molecule has 18 heavy (non-hydrogen) atoms. The van der Waals surface area contributed by atoms with Gasteiger partial charge in [0.15, 0.2) is 0 Å². The standard InChI is InChI=1S/C16H14O2/c1-2-12-18-16(17)11-10-14-8-5-7-13-6-3-4-9-15(13)14/h2-11H,1,12H2. The summed E-state index contributed by atoms with van der Waals surface area (Å²) in [5.74, 6) is -0.358. The van der Waals surface area contributed by atoms with Gasteiger partial charge in [0.25, 0.3) is 0 Å². The van der Waals surface area contributed by atoms with E-state index in [1.165, 1.54) is 6.08 Å². The van der Waals surface area contributed by atoms with Gasteiger partial charge in [0.1, 0.15) is 6.61 Å². The molecule has 0 bridgehead atoms. The summed E-state index contributed by atoms with van der Waals surface area (Å²) in [7, 11) is 0. The van der Waals surface area contributed by atoms with Gasteiger partial charge in [-0.05, 0) is 22.4 Å². The van der Waals surface area contributed by atoms with Crippen molar-refractivity contribution in [2.75, 3.05) is 6.61 Å². The maximum atomic E-state index is 11.4. The summed E-state index contributed by atoms with van der Waals surface area (Å²) in [6, 6.07) is 14.0. The maximum Gasteiger partial charge on any atom is 0.331 e. The molecule has 0 N–H and O–H groups in total. The van der Waals surface area contributed by atoms with E-state index in [1.54, 1.807) is 12.2 Å². The molecule has 2 nitrogen and oxygen atoms in total. The van der Waals surface area contributed by atoms with Crippen molar-refractivity contribution < 1.29 is 9.53 Å². The Balaban J connectivity index is 2.24. The van der Waals surface area contributed by atoms with Gasteiger partial charge in [-0.2, -0.15) is 0 Å². The van der Waals surface area contributed by atoms with E-state index in [9.17, 15) is 4.79 Å². The second-order valence-corrected chi connectivity index (χ2v) is 3.82. The van der Waals surface area contributed by atoms with Crippen molar-refractivity contribution in [3.05, 3.63) is 66.8 Å². The van der Waals surface area contributed by atoms with Crippen LogP contribution in [-0.4, -0.2) is 12.6 Å². The summed E-state index contributed by atoms with van der Waals surface area (Å²) in [5.41, 5.74) is 1.00. The molecular formula is C16H14O2. The minimum Gasteiger partial charge on any atom is -0.458 e. The molecule has 90 valence electrons. The van der Waals surface area contributed by atoms with E-state index >= 15 is 0 Å². The SMILES string of the molecule is C=CCOC(=O)C=Cc1cccc2ccccc12. The zero-order chi connectivity index (χ0) is 12.8. The first-order valence-corrected chi connectivity index (χ1v) is 5.75. The van der Waals surface area contributed by atoms with E-state index in [4.69, 9.17) is 4.74 Å². The van der Waals surface area contributed by atoms with Crippen LogP contribution in [0.3, 0.4) is 0 Å². The van der Waals surface area contributed by atoms with Gasteiger partial charge in [-0.25, -0.2) is 4.79 Å². The lowest BCUT2D eigenvalue weighted by molar-refractivity contribution is -0.136. The number of esters is 1. The molecule has 0 aliphatic heterocycles. The average molecular weight is 238 g/mol. The highest BCUT2D eigenvalue weighted by Gasteiger charge is 1.98.